The van der Waals surface area contributed by atoms with Gasteiger partial charge < -0.3 is 14.1 Å². The number of fused-ring (bicyclic) bond motifs is 1. The molecule has 0 spiro atoms. The summed E-state index contributed by atoms with van der Waals surface area (Å²) in [6.45, 7) is 3.00. The van der Waals surface area contributed by atoms with Gasteiger partial charge in [0.2, 0.25) is 0 Å². The fraction of sp³-hybridized carbons (Fsp3) is 0.421. The van der Waals surface area contributed by atoms with Gasteiger partial charge in [0.1, 0.15) is 5.76 Å². The van der Waals surface area contributed by atoms with Crippen LogP contribution in [0.15, 0.2) is 22.8 Å². The average molecular weight is 439 g/mol. The third-order valence-electron chi connectivity index (χ3n) is 4.64. The zero-order valence-corrected chi connectivity index (χ0v) is 17.1. The van der Waals surface area contributed by atoms with E-state index < -0.39 is 30.5 Å². The van der Waals surface area contributed by atoms with Crippen molar-refractivity contribution in [3.05, 3.63) is 46.9 Å². The Labute approximate surface area is 174 Å². The van der Waals surface area contributed by atoms with Crippen molar-refractivity contribution in [2.45, 2.75) is 39.4 Å². The first-order chi connectivity index (χ1) is 14.6. The number of hydrogen-bond donors (Lipinski definition) is 0. The number of carbonyl (C=O) groups is 2. The molecular formula is C19H20F3N5O4. The molecule has 3 aromatic rings. The van der Waals surface area contributed by atoms with E-state index >= 15 is 0 Å². The number of alkyl halides is 3. The number of furan rings is 1. The molecule has 0 N–H and O–H groups in total. The molecule has 3 heterocycles. The quantitative estimate of drug-likeness (QED) is 0.521. The number of ether oxygens (including phenoxy) is 1. The Balaban J connectivity index is 1.58. The van der Waals surface area contributed by atoms with E-state index in [1.54, 1.807) is 33.0 Å². The first-order valence-corrected chi connectivity index (χ1v) is 9.28. The Morgan fingerprint density at radius 3 is 2.65 bits per heavy atom. The smallest absolute Gasteiger partial charge is 0.453 e. The van der Waals surface area contributed by atoms with Gasteiger partial charge >= 0.3 is 12.1 Å². The van der Waals surface area contributed by atoms with E-state index in [1.165, 1.54) is 11.2 Å². The maximum absolute atomic E-state index is 12.9. The van der Waals surface area contributed by atoms with E-state index in [0.717, 1.165) is 4.52 Å². The van der Waals surface area contributed by atoms with Crippen molar-refractivity contribution in [3.63, 3.8) is 0 Å². The molecule has 0 radical (unpaired) electrons. The second-order valence-electron chi connectivity index (χ2n) is 6.90. The molecule has 1 amide bonds. The molecule has 0 unspecified atom stereocenters. The number of carbonyl (C=O) groups excluding carboxylic acids is 2. The van der Waals surface area contributed by atoms with Crippen LogP contribution in [-0.2, 0) is 33.5 Å². The van der Waals surface area contributed by atoms with Gasteiger partial charge in [-0.15, -0.1) is 5.10 Å². The van der Waals surface area contributed by atoms with Crippen LogP contribution in [0.4, 0.5) is 13.2 Å². The fourth-order valence-corrected chi connectivity index (χ4v) is 2.97. The molecule has 166 valence electrons. The highest BCUT2D eigenvalue weighted by atomic mass is 19.4. The van der Waals surface area contributed by atoms with Crippen molar-refractivity contribution in [2.24, 2.45) is 0 Å². The summed E-state index contributed by atoms with van der Waals surface area (Å²) in [4.78, 5) is 33.0. The van der Waals surface area contributed by atoms with E-state index in [9.17, 15) is 22.8 Å². The lowest BCUT2D eigenvalue weighted by molar-refractivity contribution is -0.151. The highest BCUT2D eigenvalue weighted by Gasteiger charge is 2.37. The van der Waals surface area contributed by atoms with Crippen molar-refractivity contribution in [2.75, 3.05) is 13.7 Å². The van der Waals surface area contributed by atoms with E-state index in [1.807, 2.05) is 0 Å². The molecule has 0 atom stereocenters. The summed E-state index contributed by atoms with van der Waals surface area (Å²) in [5, 5.41) is 3.47. The van der Waals surface area contributed by atoms with E-state index in [0.29, 0.717) is 22.7 Å². The summed E-state index contributed by atoms with van der Waals surface area (Å²) in [6, 6.07) is 3.42. The van der Waals surface area contributed by atoms with Crippen molar-refractivity contribution < 1.29 is 31.9 Å². The zero-order valence-electron chi connectivity index (χ0n) is 17.1. The molecule has 0 aliphatic carbocycles. The van der Waals surface area contributed by atoms with Crippen molar-refractivity contribution in [1.29, 1.82) is 0 Å². The number of likely N-dealkylation sites (N-methyl/N-ethyl adjacent to an activating group) is 1. The van der Waals surface area contributed by atoms with Crippen LogP contribution in [0.2, 0.25) is 0 Å². The number of rotatable bonds is 7. The maximum atomic E-state index is 12.9. The van der Waals surface area contributed by atoms with Gasteiger partial charge in [-0.1, -0.05) is 0 Å². The van der Waals surface area contributed by atoms with E-state index in [-0.39, 0.29) is 25.2 Å². The maximum Gasteiger partial charge on any atom is 0.453 e. The summed E-state index contributed by atoms with van der Waals surface area (Å²) in [6.07, 6.45) is -3.11. The fourth-order valence-electron chi connectivity index (χ4n) is 2.97. The Kier molecular flexibility index (Phi) is 6.27. The lowest BCUT2D eigenvalue weighted by Gasteiger charge is -2.15. The van der Waals surface area contributed by atoms with Crippen LogP contribution in [0.25, 0.3) is 5.78 Å². The summed E-state index contributed by atoms with van der Waals surface area (Å²) in [7, 11) is 1.56. The number of hydrogen-bond acceptors (Lipinski definition) is 7. The summed E-state index contributed by atoms with van der Waals surface area (Å²) in [5.74, 6) is -1.87. The molecule has 31 heavy (non-hydrogen) atoms. The number of aromatic nitrogens is 4. The topological polar surface area (TPSA) is 103 Å². The molecule has 0 aromatic carbocycles. The monoisotopic (exact) mass is 439 g/mol. The lowest BCUT2D eigenvalue weighted by atomic mass is 10.1. The largest absolute Gasteiger partial charge is 0.467 e. The minimum Gasteiger partial charge on any atom is -0.467 e. The van der Waals surface area contributed by atoms with Crippen LogP contribution in [0, 0.1) is 13.8 Å². The first-order valence-electron chi connectivity index (χ1n) is 9.28. The predicted octanol–water partition coefficient (Wildman–Crippen LogP) is 2.49. The molecule has 9 nitrogen and oxygen atoms in total. The summed E-state index contributed by atoms with van der Waals surface area (Å²) < 4.78 is 49.8. The van der Waals surface area contributed by atoms with Crippen molar-refractivity contribution >= 4 is 17.7 Å². The van der Waals surface area contributed by atoms with E-state index in [4.69, 9.17) is 9.15 Å². The van der Waals surface area contributed by atoms with Crippen molar-refractivity contribution in [1.82, 2.24) is 24.5 Å². The molecular weight excluding hydrogens is 419 g/mol. The normalized spacial score (nSPS) is 11.7. The van der Waals surface area contributed by atoms with Crippen LogP contribution in [-0.4, -0.2) is 50.0 Å². The molecule has 3 aromatic heterocycles. The highest BCUT2D eigenvalue weighted by molar-refractivity contribution is 5.80. The van der Waals surface area contributed by atoms with Gasteiger partial charge in [-0.05, 0) is 38.0 Å². The molecule has 0 saturated heterocycles. The Bertz CT molecular complexity index is 1090. The Morgan fingerprint density at radius 2 is 2.00 bits per heavy atom. The minimum absolute atomic E-state index is 0.0785. The molecule has 0 bridgehead atoms. The minimum atomic E-state index is -4.69. The van der Waals surface area contributed by atoms with Gasteiger partial charge in [-0.3, -0.25) is 9.59 Å². The second-order valence-corrected chi connectivity index (χ2v) is 6.90. The lowest BCUT2D eigenvalue weighted by Crippen LogP contribution is -2.30. The van der Waals surface area contributed by atoms with Crippen LogP contribution in [0.5, 0.6) is 0 Å². The zero-order chi connectivity index (χ0) is 22.8. The van der Waals surface area contributed by atoms with Crippen LogP contribution >= 0.6 is 0 Å². The molecule has 0 aliphatic heterocycles. The van der Waals surface area contributed by atoms with Crippen LogP contribution in [0.3, 0.4) is 0 Å². The van der Waals surface area contributed by atoms with Crippen LogP contribution < -0.4 is 0 Å². The number of aryl methyl sites for hydroxylation is 2. The second kappa shape index (κ2) is 8.74. The number of amides is 1. The molecule has 12 heteroatoms. The number of esters is 1. The van der Waals surface area contributed by atoms with Gasteiger partial charge in [-0.25, -0.2) is 9.50 Å². The Hall–Kier alpha value is -3.44. The SMILES string of the molecule is Cc1nc2nc(C(F)(F)F)nn2c(C)c1CCC(=O)OCC(=O)N(C)Cc1ccco1. The Morgan fingerprint density at radius 1 is 1.26 bits per heavy atom. The molecule has 0 aliphatic rings. The number of halogens is 3. The highest BCUT2D eigenvalue weighted by Crippen LogP contribution is 2.27. The third-order valence-corrected chi connectivity index (χ3v) is 4.64. The van der Waals surface area contributed by atoms with Gasteiger partial charge in [0.05, 0.1) is 12.8 Å². The third kappa shape index (κ3) is 5.19. The van der Waals surface area contributed by atoms with Gasteiger partial charge in [0.25, 0.3) is 17.5 Å². The van der Waals surface area contributed by atoms with Gasteiger partial charge in [0, 0.05) is 24.9 Å². The standard InChI is InChI=1S/C19H20F3N5O4/c1-11-14(12(2)27-18(23-11)24-17(25-27)19(20,21)22)6-7-16(29)31-10-15(28)26(3)9-13-5-4-8-30-13/h4-5,8H,6-7,9-10H2,1-3H3. The van der Waals surface area contributed by atoms with Crippen LogP contribution in [0.1, 0.15) is 35.0 Å². The molecule has 3 rings (SSSR count). The van der Waals surface area contributed by atoms with Gasteiger partial charge in [-0.2, -0.15) is 18.2 Å². The number of nitrogens with zero attached hydrogens (tertiary/aromatic N) is 5. The summed E-state index contributed by atoms with van der Waals surface area (Å²) >= 11 is 0. The first kappa shape index (κ1) is 22.2. The molecule has 0 fully saturated rings. The van der Waals surface area contributed by atoms with E-state index in [2.05, 4.69) is 15.1 Å². The average Bonchev–Trinajstić information content (AvgIpc) is 3.35. The van der Waals surface area contributed by atoms with Crippen molar-refractivity contribution in [3.8, 4) is 0 Å². The summed E-state index contributed by atoms with van der Waals surface area (Å²) in [5.41, 5.74) is 1.39. The molecule has 0 saturated carbocycles. The predicted molar refractivity (Wildman–Crippen MR) is 99.7 cm³/mol. The van der Waals surface area contributed by atoms with Gasteiger partial charge in [0.15, 0.2) is 6.61 Å².